The Bertz CT molecular complexity index is 646. The Hall–Kier alpha value is -1.13. The first-order valence-corrected chi connectivity index (χ1v) is 10.4. The minimum Gasteiger partial charge on any atom is -0.373 e. The SMILES string of the molecule is CN=C(NCCCN1CCN(c2ccccc2F)CC1)NCC1(C)CCCO1.I. The van der Waals surface area contributed by atoms with Crippen LogP contribution in [-0.4, -0.2) is 75.9 Å². The van der Waals surface area contributed by atoms with Crippen LogP contribution in [0.2, 0.25) is 0 Å². The number of rotatable bonds is 7. The number of aliphatic imine (C=N–C) groups is 1. The number of para-hydroxylation sites is 1. The summed E-state index contributed by atoms with van der Waals surface area (Å²) in [5.74, 6) is 0.706. The van der Waals surface area contributed by atoms with Crippen molar-refractivity contribution in [3.8, 4) is 0 Å². The van der Waals surface area contributed by atoms with Crippen LogP contribution in [0.4, 0.5) is 10.1 Å². The summed E-state index contributed by atoms with van der Waals surface area (Å²) in [5, 5.41) is 6.77. The lowest BCUT2D eigenvalue weighted by Crippen LogP contribution is -2.48. The van der Waals surface area contributed by atoms with Gasteiger partial charge in [-0.15, -0.1) is 24.0 Å². The molecule has 1 unspecified atom stereocenters. The third-order valence-electron chi connectivity index (χ3n) is 5.66. The number of ether oxygens (including phenoxy) is 1. The zero-order valence-electron chi connectivity index (χ0n) is 17.6. The first-order chi connectivity index (χ1) is 13.6. The van der Waals surface area contributed by atoms with E-state index in [0.29, 0.717) is 0 Å². The normalized spacial score (nSPS) is 23.0. The van der Waals surface area contributed by atoms with Gasteiger partial charge in [-0.05, 0) is 44.9 Å². The lowest BCUT2D eigenvalue weighted by Gasteiger charge is -2.36. The summed E-state index contributed by atoms with van der Waals surface area (Å²) < 4.78 is 19.7. The van der Waals surface area contributed by atoms with Crippen LogP contribution in [0.1, 0.15) is 26.2 Å². The fourth-order valence-corrected chi connectivity index (χ4v) is 3.90. The van der Waals surface area contributed by atoms with Crippen LogP contribution in [0, 0.1) is 5.82 Å². The van der Waals surface area contributed by atoms with Gasteiger partial charge in [0.15, 0.2) is 5.96 Å². The molecule has 29 heavy (non-hydrogen) atoms. The maximum absolute atomic E-state index is 13.9. The smallest absolute Gasteiger partial charge is 0.191 e. The van der Waals surface area contributed by atoms with Crippen molar-refractivity contribution in [2.24, 2.45) is 4.99 Å². The maximum atomic E-state index is 13.9. The Balaban J connectivity index is 0.00000300. The highest BCUT2D eigenvalue weighted by Crippen LogP contribution is 2.23. The van der Waals surface area contributed by atoms with Crippen molar-refractivity contribution < 1.29 is 9.13 Å². The summed E-state index contributed by atoms with van der Waals surface area (Å²) in [4.78, 5) is 8.89. The van der Waals surface area contributed by atoms with E-state index in [1.54, 1.807) is 13.1 Å². The van der Waals surface area contributed by atoms with E-state index in [2.05, 4.69) is 32.3 Å². The molecule has 0 amide bonds. The van der Waals surface area contributed by atoms with Crippen molar-refractivity contribution in [1.29, 1.82) is 0 Å². The summed E-state index contributed by atoms with van der Waals surface area (Å²) in [6.07, 6.45) is 3.28. The number of benzene rings is 1. The molecule has 0 spiro atoms. The highest BCUT2D eigenvalue weighted by Gasteiger charge is 2.29. The zero-order chi connectivity index (χ0) is 19.8. The molecular formula is C21H35FIN5O. The van der Waals surface area contributed by atoms with Gasteiger partial charge < -0.3 is 20.3 Å². The van der Waals surface area contributed by atoms with Gasteiger partial charge in [-0.1, -0.05) is 12.1 Å². The number of anilines is 1. The van der Waals surface area contributed by atoms with Gasteiger partial charge in [-0.3, -0.25) is 9.89 Å². The predicted octanol–water partition coefficient (Wildman–Crippen LogP) is 2.69. The highest BCUT2D eigenvalue weighted by atomic mass is 127. The molecule has 0 saturated carbocycles. The molecule has 1 atom stereocenters. The number of hydrogen-bond acceptors (Lipinski definition) is 4. The van der Waals surface area contributed by atoms with Crippen LogP contribution in [0.5, 0.6) is 0 Å². The van der Waals surface area contributed by atoms with Crippen LogP contribution < -0.4 is 15.5 Å². The molecule has 0 bridgehead atoms. The van der Waals surface area contributed by atoms with E-state index in [1.165, 1.54) is 6.07 Å². The van der Waals surface area contributed by atoms with Gasteiger partial charge in [-0.25, -0.2) is 4.39 Å². The van der Waals surface area contributed by atoms with Crippen molar-refractivity contribution >= 4 is 35.6 Å². The number of nitrogens with zero attached hydrogens (tertiary/aromatic N) is 3. The zero-order valence-corrected chi connectivity index (χ0v) is 20.0. The molecule has 1 aromatic rings. The van der Waals surface area contributed by atoms with E-state index < -0.39 is 0 Å². The van der Waals surface area contributed by atoms with Gasteiger partial charge in [0.05, 0.1) is 11.3 Å². The van der Waals surface area contributed by atoms with Gasteiger partial charge in [0, 0.05) is 52.9 Å². The van der Waals surface area contributed by atoms with E-state index in [4.69, 9.17) is 4.74 Å². The van der Waals surface area contributed by atoms with E-state index in [1.807, 2.05) is 12.1 Å². The second-order valence-corrected chi connectivity index (χ2v) is 7.89. The highest BCUT2D eigenvalue weighted by molar-refractivity contribution is 14.0. The summed E-state index contributed by atoms with van der Waals surface area (Å²) >= 11 is 0. The van der Waals surface area contributed by atoms with Gasteiger partial charge in [0.1, 0.15) is 5.82 Å². The Labute approximate surface area is 191 Å². The molecule has 6 nitrogen and oxygen atoms in total. The summed E-state index contributed by atoms with van der Waals surface area (Å²) in [6, 6.07) is 7.04. The number of halogens is 2. The van der Waals surface area contributed by atoms with E-state index in [9.17, 15) is 4.39 Å². The first-order valence-electron chi connectivity index (χ1n) is 10.4. The van der Waals surface area contributed by atoms with Gasteiger partial charge in [-0.2, -0.15) is 0 Å². The molecule has 2 N–H and O–H groups in total. The second kappa shape index (κ2) is 11.9. The molecule has 2 aliphatic heterocycles. The standard InChI is InChI=1S/C21H34FN5O.HI/c1-21(9-5-16-28-21)17-25-20(23-2)24-10-6-11-26-12-14-27(15-13-26)19-8-4-3-7-18(19)22;/h3-4,7-8H,5-6,9-17H2,1-2H3,(H2,23,24,25);1H. The Morgan fingerprint density at radius 1 is 1.21 bits per heavy atom. The lowest BCUT2D eigenvalue weighted by atomic mass is 10.0. The molecule has 2 saturated heterocycles. The summed E-state index contributed by atoms with van der Waals surface area (Å²) in [5.41, 5.74) is 0.647. The summed E-state index contributed by atoms with van der Waals surface area (Å²) in [6.45, 7) is 9.39. The van der Waals surface area contributed by atoms with Gasteiger partial charge in [0.25, 0.3) is 0 Å². The molecule has 2 heterocycles. The third-order valence-corrected chi connectivity index (χ3v) is 5.66. The van der Waals surface area contributed by atoms with Gasteiger partial charge in [0.2, 0.25) is 0 Å². The van der Waals surface area contributed by atoms with Crippen LogP contribution in [0.25, 0.3) is 0 Å². The van der Waals surface area contributed by atoms with Crippen LogP contribution >= 0.6 is 24.0 Å². The van der Waals surface area contributed by atoms with Crippen LogP contribution in [0.15, 0.2) is 29.3 Å². The average Bonchev–Trinajstić information content (AvgIpc) is 3.15. The Morgan fingerprint density at radius 3 is 2.62 bits per heavy atom. The number of nitrogens with one attached hydrogen (secondary N) is 2. The topological polar surface area (TPSA) is 52.1 Å². The maximum Gasteiger partial charge on any atom is 0.191 e. The van der Waals surface area contributed by atoms with Crippen molar-refractivity contribution in [1.82, 2.24) is 15.5 Å². The molecular weight excluding hydrogens is 484 g/mol. The van der Waals surface area contributed by atoms with Crippen molar-refractivity contribution in [3.63, 3.8) is 0 Å². The molecule has 8 heteroatoms. The molecule has 3 rings (SSSR count). The van der Waals surface area contributed by atoms with Gasteiger partial charge >= 0.3 is 0 Å². The average molecular weight is 519 g/mol. The molecule has 1 aromatic carbocycles. The minimum absolute atomic E-state index is 0. The largest absolute Gasteiger partial charge is 0.373 e. The number of piperazine rings is 1. The third kappa shape index (κ3) is 7.25. The van der Waals surface area contributed by atoms with Crippen molar-refractivity contribution in [2.45, 2.75) is 31.8 Å². The Morgan fingerprint density at radius 2 is 1.97 bits per heavy atom. The fraction of sp³-hybridized carbons (Fsp3) is 0.667. The lowest BCUT2D eigenvalue weighted by molar-refractivity contribution is 0.0243. The van der Waals surface area contributed by atoms with E-state index >= 15 is 0 Å². The number of hydrogen-bond donors (Lipinski definition) is 2. The monoisotopic (exact) mass is 519 g/mol. The van der Waals surface area contributed by atoms with E-state index in [-0.39, 0.29) is 35.4 Å². The predicted molar refractivity (Wildman–Crippen MR) is 128 cm³/mol. The van der Waals surface area contributed by atoms with Crippen LogP contribution in [0.3, 0.4) is 0 Å². The molecule has 0 aromatic heterocycles. The minimum atomic E-state index is -0.129. The molecule has 164 valence electrons. The molecule has 0 aliphatic carbocycles. The number of guanidine groups is 1. The summed E-state index contributed by atoms with van der Waals surface area (Å²) in [7, 11) is 1.80. The quantitative estimate of drug-likeness (QED) is 0.251. The van der Waals surface area contributed by atoms with Crippen molar-refractivity contribution in [3.05, 3.63) is 30.1 Å². The Kier molecular flexibility index (Phi) is 9.91. The molecule has 2 aliphatic rings. The van der Waals surface area contributed by atoms with Crippen molar-refractivity contribution in [2.75, 3.05) is 64.4 Å². The first kappa shape index (κ1) is 24.1. The van der Waals surface area contributed by atoms with Crippen LogP contribution in [-0.2, 0) is 4.74 Å². The fourth-order valence-electron chi connectivity index (χ4n) is 3.90. The molecule has 2 fully saturated rings. The molecule has 0 radical (unpaired) electrons. The van der Waals surface area contributed by atoms with E-state index in [0.717, 1.165) is 83.3 Å². The second-order valence-electron chi connectivity index (χ2n) is 7.89.